The van der Waals surface area contributed by atoms with Crippen LogP contribution in [0.4, 0.5) is 5.82 Å². The molecule has 1 fully saturated rings. The number of carboxylic acids is 1. The second kappa shape index (κ2) is 5.54. The Labute approximate surface area is 110 Å². The number of carboxylic acid groups (broad SMARTS) is 1. The molecule has 1 aromatic rings. The van der Waals surface area contributed by atoms with Gasteiger partial charge < -0.3 is 15.1 Å². The molecule has 0 radical (unpaired) electrons. The fourth-order valence-corrected chi connectivity index (χ4v) is 2.37. The number of carbonyl (C=O) groups is 1. The van der Waals surface area contributed by atoms with E-state index in [1.54, 1.807) is 0 Å². The van der Waals surface area contributed by atoms with Gasteiger partial charge in [0.15, 0.2) is 0 Å². The van der Waals surface area contributed by atoms with Crippen LogP contribution in [0.2, 0.25) is 5.02 Å². The summed E-state index contributed by atoms with van der Waals surface area (Å²) in [7, 11) is 0. The molecule has 18 heavy (non-hydrogen) atoms. The summed E-state index contributed by atoms with van der Waals surface area (Å²) in [5.74, 6) is -0.223. The molecule has 2 heterocycles. The van der Waals surface area contributed by atoms with Gasteiger partial charge in [-0.3, -0.25) is 0 Å². The van der Waals surface area contributed by atoms with Crippen molar-refractivity contribution in [1.29, 1.82) is 0 Å². The van der Waals surface area contributed by atoms with Crippen LogP contribution in [0.25, 0.3) is 0 Å². The number of nitrogens with zero attached hydrogens (tertiary/aromatic N) is 2. The van der Waals surface area contributed by atoms with E-state index in [2.05, 4.69) is 4.98 Å². The van der Waals surface area contributed by atoms with E-state index in [1.165, 1.54) is 12.3 Å². The third kappa shape index (κ3) is 2.73. The zero-order chi connectivity index (χ0) is 13.1. The smallest absolute Gasteiger partial charge is 0.337 e. The van der Waals surface area contributed by atoms with Crippen LogP contribution < -0.4 is 4.90 Å². The highest BCUT2D eigenvalue weighted by Gasteiger charge is 2.21. The minimum Gasteiger partial charge on any atom is -0.478 e. The molecule has 0 aliphatic carbocycles. The molecule has 2 rings (SSSR count). The summed E-state index contributed by atoms with van der Waals surface area (Å²) in [5.41, 5.74) is 0.0628. The lowest BCUT2D eigenvalue weighted by Crippen LogP contribution is -2.37. The zero-order valence-electron chi connectivity index (χ0n) is 9.84. The maximum Gasteiger partial charge on any atom is 0.337 e. The third-order valence-corrected chi connectivity index (χ3v) is 3.47. The highest BCUT2D eigenvalue weighted by molar-refractivity contribution is 6.33. The first kappa shape index (κ1) is 13.1. The second-order valence-electron chi connectivity index (χ2n) is 4.46. The van der Waals surface area contributed by atoms with E-state index in [0.717, 1.165) is 19.4 Å². The van der Waals surface area contributed by atoms with Crippen molar-refractivity contribution in [2.45, 2.75) is 12.8 Å². The van der Waals surface area contributed by atoms with Gasteiger partial charge >= 0.3 is 5.97 Å². The van der Waals surface area contributed by atoms with Gasteiger partial charge in [-0.25, -0.2) is 9.78 Å². The summed E-state index contributed by atoms with van der Waals surface area (Å²) in [6.45, 7) is 1.67. The standard InChI is InChI=1S/C12H15ClN2O3/c13-10-5-14-11(4-9(10)12(17)18)15-3-1-2-8(6-15)7-16/h4-5,8,16H,1-3,6-7H2,(H,17,18). The van der Waals surface area contributed by atoms with Crippen LogP contribution in [0.3, 0.4) is 0 Å². The Hall–Kier alpha value is -1.33. The summed E-state index contributed by atoms with van der Waals surface area (Å²) in [6, 6.07) is 1.49. The SMILES string of the molecule is O=C(O)c1cc(N2CCCC(CO)C2)ncc1Cl. The number of rotatable bonds is 3. The molecule has 0 amide bonds. The molecule has 5 nitrogen and oxygen atoms in total. The van der Waals surface area contributed by atoms with Crippen molar-refractivity contribution in [3.63, 3.8) is 0 Å². The number of aromatic carboxylic acids is 1. The van der Waals surface area contributed by atoms with E-state index in [1.807, 2.05) is 4.90 Å². The number of anilines is 1. The van der Waals surface area contributed by atoms with Crippen molar-refractivity contribution in [2.24, 2.45) is 5.92 Å². The van der Waals surface area contributed by atoms with Crippen LogP contribution in [0, 0.1) is 5.92 Å². The van der Waals surface area contributed by atoms with Crippen LogP contribution in [0.1, 0.15) is 23.2 Å². The minimum absolute atomic E-state index is 0.0628. The Morgan fingerprint density at radius 3 is 3.06 bits per heavy atom. The van der Waals surface area contributed by atoms with E-state index in [4.69, 9.17) is 16.7 Å². The van der Waals surface area contributed by atoms with Crippen molar-refractivity contribution in [3.8, 4) is 0 Å². The number of aliphatic hydroxyl groups excluding tert-OH is 1. The number of piperidine rings is 1. The van der Waals surface area contributed by atoms with Gasteiger partial charge in [0.05, 0.1) is 10.6 Å². The molecule has 0 bridgehead atoms. The van der Waals surface area contributed by atoms with Gasteiger partial charge in [0.2, 0.25) is 0 Å². The largest absolute Gasteiger partial charge is 0.478 e. The molecule has 6 heteroatoms. The summed E-state index contributed by atoms with van der Waals surface area (Å²) >= 11 is 5.78. The van der Waals surface area contributed by atoms with Crippen molar-refractivity contribution in [1.82, 2.24) is 4.98 Å². The van der Waals surface area contributed by atoms with Gasteiger partial charge in [-0.05, 0) is 24.8 Å². The molecule has 1 aromatic heterocycles. The van der Waals surface area contributed by atoms with Crippen molar-refractivity contribution >= 4 is 23.4 Å². The first-order chi connectivity index (χ1) is 8.61. The van der Waals surface area contributed by atoms with Crippen molar-refractivity contribution in [2.75, 3.05) is 24.6 Å². The van der Waals surface area contributed by atoms with Crippen LogP contribution in [-0.4, -0.2) is 40.9 Å². The molecule has 2 N–H and O–H groups in total. The molecule has 0 aromatic carbocycles. The quantitative estimate of drug-likeness (QED) is 0.873. The van der Waals surface area contributed by atoms with Crippen LogP contribution in [-0.2, 0) is 0 Å². The summed E-state index contributed by atoms with van der Waals surface area (Å²) in [6.07, 6.45) is 3.33. The molecule has 98 valence electrons. The Morgan fingerprint density at radius 1 is 1.61 bits per heavy atom. The van der Waals surface area contributed by atoms with Crippen LogP contribution >= 0.6 is 11.6 Å². The van der Waals surface area contributed by atoms with Crippen molar-refractivity contribution < 1.29 is 15.0 Å². The van der Waals surface area contributed by atoms with Gasteiger partial charge in [0.25, 0.3) is 0 Å². The Balaban J connectivity index is 2.22. The lowest BCUT2D eigenvalue weighted by molar-refractivity contribution is 0.0697. The topological polar surface area (TPSA) is 73.7 Å². The highest BCUT2D eigenvalue weighted by atomic mass is 35.5. The number of pyridine rings is 1. The monoisotopic (exact) mass is 270 g/mol. The van der Waals surface area contributed by atoms with Gasteiger partial charge in [0, 0.05) is 25.9 Å². The maximum atomic E-state index is 11.0. The Kier molecular flexibility index (Phi) is 4.04. The van der Waals surface area contributed by atoms with Gasteiger partial charge in [-0.15, -0.1) is 0 Å². The Bertz CT molecular complexity index is 453. The summed E-state index contributed by atoms with van der Waals surface area (Å²) in [5, 5.41) is 18.3. The fourth-order valence-electron chi connectivity index (χ4n) is 2.19. The summed E-state index contributed by atoms with van der Waals surface area (Å²) < 4.78 is 0. The molecular weight excluding hydrogens is 256 g/mol. The normalized spacial score (nSPS) is 19.9. The second-order valence-corrected chi connectivity index (χ2v) is 4.87. The van der Waals surface area contributed by atoms with Gasteiger partial charge in [-0.1, -0.05) is 11.6 Å². The molecule has 1 atom stereocenters. The maximum absolute atomic E-state index is 11.0. The average molecular weight is 271 g/mol. The van der Waals surface area contributed by atoms with E-state index in [0.29, 0.717) is 12.4 Å². The van der Waals surface area contributed by atoms with E-state index in [9.17, 15) is 9.90 Å². The summed E-state index contributed by atoms with van der Waals surface area (Å²) in [4.78, 5) is 17.2. The third-order valence-electron chi connectivity index (χ3n) is 3.17. The number of aliphatic hydroxyl groups is 1. The van der Waals surface area contributed by atoms with Crippen molar-refractivity contribution in [3.05, 3.63) is 22.8 Å². The molecule has 0 saturated carbocycles. The molecule has 1 aliphatic heterocycles. The molecule has 1 unspecified atom stereocenters. The number of aromatic nitrogens is 1. The average Bonchev–Trinajstić information content (AvgIpc) is 2.39. The molecule has 1 saturated heterocycles. The van der Waals surface area contributed by atoms with Gasteiger partial charge in [0.1, 0.15) is 5.82 Å². The number of halogens is 1. The lowest BCUT2D eigenvalue weighted by atomic mass is 9.99. The van der Waals surface area contributed by atoms with E-state index < -0.39 is 5.97 Å². The Morgan fingerprint density at radius 2 is 2.39 bits per heavy atom. The highest BCUT2D eigenvalue weighted by Crippen LogP contribution is 2.24. The first-order valence-corrected chi connectivity index (χ1v) is 6.24. The predicted molar refractivity (Wildman–Crippen MR) is 68.2 cm³/mol. The fraction of sp³-hybridized carbons (Fsp3) is 0.500. The predicted octanol–water partition coefficient (Wildman–Crippen LogP) is 1.64. The molecule has 1 aliphatic rings. The number of hydrogen-bond acceptors (Lipinski definition) is 4. The lowest BCUT2D eigenvalue weighted by Gasteiger charge is -2.32. The van der Waals surface area contributed by atoms with Gasteiger partial charge in [-0.2, -0.15) is 0 Å². The number of hydrogen-bond donors (Lipinski definition) is 2. The van der Waals surface area contributed by atoms with E-state index >= 15 is 0 Å². The zero-order valence-corrected chi connectivity index (χ0v) is 10.6. The minimum atomic E-state index is -1.06. The van der Waals surface area contributed by atoms with E-state index in [-0.39, 0.29) is 23.1 Å². The molecule has 0 spiro atoms. The van der Waals surface area contributed by atoms with Crippen LogP contribution in [0.15, 0.2) is 12.3 Å². The molecular formula is C12H15ClN2O3. The first-order valence-electron chi connectivity index (χ1n) is 5.86. The van der Waals surface area contributed by atoms with Crippen LogP contribution in [0.5, 0.6) is 0 Å².